The molecule has 0 aliphatic carbocycles. The first-order valence-electron chi connectivity index (χ1n) is 6.14. The van der Waals surface area contributed by atoms with Gasteiger partial charge in [0.15, 0.2) is 0 Å². The van der Waals surface area contributed by atoms with Gasteiger partial charge in [0.25, 0.3) is 0 Å². The summed E-state index contributed by atoms with van der Waals surface area (Å²) in [5.41, 5.74) is 3.09. The molecule has 2 heterocycles. The van der Waals surface area contributed by atoms with Crippen LogP contribution in [0.4, 0.5) is 11.5 Å². The number of hydrogen-bond donors (Lipinski definition) is 1. The highest BCUT2D eigenvalue weighted by Gasteiger charge is 2.05. The van der Waals surface area contributed by atoms with Crippen molar-refractivity contribution in [2.24, 2.45) is 0 Å². The molecule has 0 radical (unpaired) electrons. The summed E-state index contributed by atoms with van der Waals surface area (Å²) in [6, 6.07) is 10.1. The van der Waals surface area contributed by atoms with Gasteiger partial charge in [-0.2, -0.15) is 0 Å². The third kappa shape index (κ3) is 2.38. The van der Waals surface area contributed by atoms with Crippen LogP contribution >= 0.6 is 0 Å². The molecule has 19 heavy (non-hydrogen) atoms. The van der Waals surface area contributed by atoms with Crippen LogP contribution in [0.3, 0.4) is 0 Å². The van der Waals surface area contributed by atoms with Crippen LogP contribution in [0.25, 0.3) is 10.9 Å². The normalized spacial score (nSPS) is 10.6. The van der Waals surface area contributed by atoms with Crippen LogP contribution in [0.1, 0.15) is 11.4 Å². The van der Waals surface area contributed by atoms with E-state index < -0.39 is 0 Å². The van der Waals surface area contributed by atoms with E-state index in [4.69, 9.17) is 0 Å². The maximum atomic E-state index is 4.48. The maximum absolute atomic E-state index is 4.48. The van der Waals surface area contributed by atoms with Crippen LogP contribution in [-0.2, 0) is 0 Å². The van der Waals surface area contributed by atoms with E-state index in [1.807, 2.05) is 25.1 Å². The van der Waals surface area contributed by atoms with Crippen molar-refractivity contribution >= 4 is 22.4 Å². The minimum atomic E-state index is 0.732. The Bertz CT molecular complexity index is 737. The average Bonchev–Trinajstić information content (AvgIpc) is 2.38. The molecule has 0 aliphatic rings. The molecule has 0 spiro atoms. The molecular weight excluding hydrogens is 236 g/mol. The molecule has 2 aromatic heterocycles. The molecule has 94 valence electrons. The third-order valence-electron chi connectivity index (χ3n) is 2.89. The van der Waals surface area contributed by atoms with Crippen LogP contribution in [0.5, 0.6) is 0 Å². The largest absolute Gasteiger partial charge is 0.340 e. The number of nitrogens with zero attached hydrogens (tertiary/aromatic N) is 3. The number of aryl methyl sites for hydroxylation is 2. The first kappa shape index (κ1) is 11.6. The third-order valence-corrected chi connectivity index (χ3v) is 2.89. The summed E-state index contributed by atoms with van der Waals surface area (Å²) in [5, 5.41) is 4.32. The molecule has 0 saturated carbocycles. The van der Waals surface area contributed by atoms with E-state index >= 15 is 0 Å². The van der Waals surface area contributed by atoms with Crippen molar-refractivity contribution in [3.05, 3.63) is 54.1 Å². The zero-order valence-electron chi connectivity index (χ0n) is 10.9. The summed E-state index contributed by atoms with van der Waals surface area (Å²) in [6.07, 6.45) is 3.51. The standard InChI is InChI=1S/C15H14N4/c1-10-4-3-5-12(8-10)19-15-13-6-7-16-9-14(13)17-11(2)18-15/h3-9H,1-2H3,(H,17,18,19). The lowest BCUT2D eigenvalue weighted by Gasteiger charge is -2.09. The lowest BCUT2D eigenvalue weighted by Crippen LogP contribution is -1.99. The van der Waals surface area contributed by atoms with Crippen molar-refractivity contribution in [3.8, 4) is 0 Å². The number of rotatable bonds is 2. The van der Waals surface area contributed by atoms with E-state index in [1.165, 1.54) is 5.56 Å². The number of pyridine rings is 1. The van der Waals surface area contributed by atoms with E-state index in [2.05, 4.69) is 39.3 Å². The quantitative estimate of drug-likeness (QED) is 0.757. The Morgan fingerprint density at radius 2 is 1.95 bits per heavy atom. The minimum absolute atomic E-state index is 0.732. The van der Waals surface area contributed by atoms with Gasteiger partial charge in [0.1, 0.15) is 11.6 Å². The first-order chi connectivity index (χ1) is 9.22. The van der Waals surface area contributed by atoms with Gasteiger partial charge in [-0.25, -0.2) is 9.97 Å². The molecule has 0 atom stereocenters. The molecule has 3 aromatic rings. The van der Waals surface area contributed by atoms with Gasteiger partial charge in [0.05, 0.1) is 11.7 Å². The summed E-state index contributed by atoms with van der Waals surface area (Å²) in [5.74, 6) is 1.55. The Morgan fingerprint density at radius 3 is 2.79 bits per heavy atom. The molecule has 0 amide bonds. The number of anilines is 2. The molecule has 1 aromatic carbocycles. The smallest absolute Gasteiger partial charge is 0.142 e. The van der Waals surface area contributed by atoms with Gasteiger partial charge in [-0.05, 0) is 37.6 Å². The number of nitrogens with one attached hydrogen (secondary N) is 1. The molecule has 1 N–H and O–H groups in total. The summed E-state index contributed by atoms with van der Waals surface area (Å²) < 4.78 is 0. The van der Waals surface area contributed by atoms with Gasteiger partial charge >= 0.3 is 0 Å². The highest BCUT2D eigenvalue weighted by molar-refractivity contribution is 5.90. The Morgan fingerprint density at radius 1 is 1.05 bits per heavy atom. The first-order valence-corrected chi connectivity index (χ1v) is 6.14. The highest BCUT2D eigenvalue weighted by atomic mass is 15.0. The number of benzene rings is 1. The second-order valence-corrected chi connectivity index (χ2v) is 4.51. The van der Waals surface area contributed by atoms with Crippen molar-refractivity contribution in [2.45, 2.75) is 13.8 Å². The van der Waals surface area contributed by atoms with Crippen molar-refractivity contribution in [1.82, 2.24) is 15.0 Å². The zero-order valence-corrected chi connectivity index (χ0v) is 10.9. The highest BCUT2D eigenvalue weighted by Crippen LogP contribution is 2.23. The fourth-order valence-corrected chi connectivity index (χ4v) is 2.05. The van der Waals surface area contributed by atoms with Gasteiger partial charge < -0.3 is 5.32 Å². The number of aromatic nitrogens is 3. The minimum Gasteiger partial charge on any atom is -0.340 e. The average molecular weight is 250 g/mol. The zero-order chi connectivity index (χ0) is 13.2. The van der Waals surface area contributed by atoms with E-state index in [-0.39, 0.29) is 0 Å². The molecule has 4 heteroatoms. The topological polar surface area (TPSA) is 50.7 Å². The molecule has 3 rings (SSSR count). The van der Waals surface area contributed by atoms with Crippen LogP contribution < -0.4 is 5.32 Å². The van der Waals surface area contributed by atoms with E-state index in [1.54, 1.807) is 12.4 Å². The Labute approximate surface area is 111 Å². The molecule has 0 fully saturated rings. The van der Waals surface area contributed by atoms with Crippen LogP contribution in [-0.4, -0.2) is 15.0 Å². The SMILES string of the molecule is Cc1cccc(Nc2nc(C)nc3cnccc23)c1. The predicted octanol–water partition coefficient (Wildman–Crippen LogP) is 3.39. The van der Waals surface area contributed by atoms with Gasteiger partial charge in [0, 0.05) is 17.3 Å². The van der Waals surface area contributed by atoms with Crippen LogP contribution in [0, 0.1) is 13.8 Å². The lowest BCUT2D eigenvalue weighted by atomic mass is 10.2. The molecule has 0 bridgehead atoms. The molecule has 0 saturated heterocycles. The van der Waals surface area contributed by atoms with Gasteiger partial charge in [0.2, 0.25) is 0 Å². The van der Waals surface area contributed by atoms with E-state index in [9.17, 15) is 0 Å². The van der Waals surface area contributed by atoms with Crippen LogP contribution in [0.2, 0.25) is 0 Å². The fourth-order valence-electron chi connectivity index (χ4n) is 2.05. The molecular formula is C15H14N4. The van der Waals surface area contributed by atoms with E-state index in [0.29, 0.717) is 0 Å². The van der Waals surface area contributed by atoms with Gasteiger partial charge in [-0.3, -0.25) is 4.98 Å². The summed E-state index contributed by atoms with van der Waals surface area (Å²) >= 11 is 0. The Hall–Kier alpha value is -2.49. The van der Waals surface area contributed by atoms with Crippen molar-refractivity contribution in [1.29, 1.82) is 0 Å². The molecule has 0 aliphatic heterocycles. The second kappa shape index (κ2) is 4.65. The predicted molar refractivity (Wildman–Crippen MR) is 76.5 cm³/mol. The van der Waals surface area contributed by atoms with Crippen molar-refractivity contribution < 1.29 is 0 Å². The molecule has 0 unspecified atom stereocenters. The van der Waals surface area contributed by atoms with Gasteiger partial charge in [-0.1, -0.05) is 12.1 Å². The van der Waals surface area contributed by atoms with Gasteiger partial charge in [-0.15, -0.1) is 0 Å². The van der Waals surface area contributed by atoms with E-state index in [0.717, 1.165) is 28.2 Å². The summed E-state index contributed by atoms with van der Waals surface area (Å²) in [7, 11) is 0. The second-order valence-electron chi connectivity index (χ2n) is 4.51. The molecule has 4 nitrogen and oxygen atoms in total. The summed E-state index contributed by atoms with van der Waals surface area (Å²) in [4.78, 5) is 13.0. The fraction of sp³-hybridized carbons (Fsp3) is 0.133. The monoisotopic (exact) mass is 250 g/mol. The number of fused-ring (bicyclic) bond motifs is 1. The van der Waals surface area contributed by atoms with Crippen molar-refractivity contribution in [3.63, 3.8) is 0 Å². The van der Waals surface area contributed by atoms with Crippen molar-refractivity contribution in [2.75, 3.05) is 5.32 Å². The lowest BCUT2D eigenvalue weighted by molar-refractivity contribution is 1.09. The Balaban J connectivity index is 2.09. The maximum Gasteiger partial charge on any atom is 0.142 e. The van der Waals surface area contributed by atoms with Crippen LogP contribution in [0.15, 0.2) is 42.7 Å². The Kier molecular flexibility index (Phi) is 2.83. The summed E-state index contributed by atoms with van der Waals surface area (Å²) in [6.45, 7) is 3.95. The number of hydrogen-bond acceptors (Lipinski definition) is 4.